The van der Waals surface area contributed by atoms with Gasteiger partial charge in [-0.2, -0.15) is 0 Å². The van der Waals surface area contributed by atoms with Crippen LogP contribution in [0.25, 0.3) is 10.2 Å². The molecule has 0 saturated carbocycles. The second kappa shape index (κ2) is 8.55. The molecule has 0 saturated heterocycles. The van der Waals surface area contributed by atoms with Gasteiger partial charge < -0.3 is 10.2 Å². The molecule has 2 heterocycles. The predicted octanol–water partition coefficient (Wildman–Crippen LogP) is 4.15. The summed E-state index contributed by atoms with van der Waals surface area (Å²) in [7, 11) is 3.89. The molecular weight excluding hydrogens is 408 g/mol. The van der Waals surface area contributed by atoms with Gasteiger partial charge in [0.15, 0.2) is 0 Å². The minimum Gasteiger partial charge on any atom is -0.324 e. The molecule has 4 rings (SSSR count). The summed E-state index contributed by atoms with van der Waals surface area (Å²) in [6.07, 6.45) is 2.99. The molecule has 1 aliphatic rings. The Kier molecular flexibility index (Phi) is 5.99. The van der Waals surface area contributed by atoms with Gasteiger partial charge in [-0.25, -0.2) is 4.98 Å². The third kappa shape index (κ3) is 4.16. The first-order chi connectivity index (χ1) is 14.8. The van der Waals surface area contributed by atoms with Crippen molar-refractivity contribution in [3.05, 3.63) is 56.4 Å². The van der Waals surface area contributed by atoms with Crippen molar-refractivity contribution in [2.45, 2.75) is 52.6 Å². The Labute approximate surface area is 186 Å². The van der Waals surface area contributed by atoms with Gasteiger partial charge in [-0.1, -0.05) is 25.1 Å². The van der Waals surface area contributed by atoms with Crippen molar-refractivity contribution in [3.8, 4) is 0 Å². The highest BCUT2D eigenvalue weighted by atomic mass is 32.1. The normalized spacial score (nSPS) is 17.0. The SMILES string of the molecule is Cc1ccccc1NC(=O)C(C)n1c(CN(C)C)nc2sc3c(c2c1=O)CCC(C)C3. The van der Waals surface area contributed by atoms with Crippen molar-refractivity contribution in [2.24, 2.45) is 5.92 Å². The van der Waals surface area contributed by atoms with E-state index in [9.17, 15) is 9.59 Å². The highest BCUT2D eigenvalue weighted by Gasteiger charge is 2.28. The molecule has 0 bridgehead atoms. The largest absolute Gasteiger partial charge is 0.324 e. The van der Waals surface area contributed by atoms with Crippen LogP contribution < -0.4 is 10.9 Å². The number of amides is 1. The third-order valence-electron chi connectivity index (χ3n) is 6.06. The van der Waals surface area contributed by atoms with Crippen LogP contribution in [-0.2, 0) is 24.2 Å². The summed E-state index contributed by atoms with van der Waals surface area (Å²) in [6.45, 7) is 6.49. The predicted molar refractivity (Wildman–Crippen MR) is 127 cm³/mol. The van der Waals surface area contributed by atoms with E-state index in [1.54, 1.807) is 22.8 Å². The number of anilines is 1. The standard InChI is InChI=1S/C24H30N4O2S/c1-14-10-11-17-19(12-14)31-23-21(17)24(30)28(20(26-23)13-27(4)5)16(3)22(29)25-18-9-7-6-8-15(18)2/h6-9,14,16H,10-13H2,1-5H3,(H,25,29). The lowest BCUT2D eigenvalue weighted by Gasteiger charge is -2.22. The Morgan fingerprint density at radius 2 is 2.10 bits per heavy atom. The van der Waals surface area contributed by atoms with Crippen LogP contribution in [0.5, 0.6) is 0 Å². The lowest BCUT2D eigenvalue weighted by molar-refractivity contribution is -0.119. The Morgan fingerprint density at radius 1 is 1.35 bits per heavy atom. The van der Waals surface area contributed by atoms with Crippen LogP contribution in [0.1, 0.15) is 48.1 Å². The third-order valence-corrected chi connectivity index (χ3v) is 7.21. The molecule has 0 radical (unpaired) electrons. The van der Waals surface area contributed by atoms with Gasteiger partial charge in [0.2, 0.25) is 5.91 Å². The van der Waals surface area contributed by atoms with Crippen molar-refractivity contribution >= 4 is 33.1 Å². The average molecular weight is 439 g/mol. The Hall–Kier alpha value is -2.51. The van der Waals surface area contributed by atoms with Crippen molar-refractivity contribution in [3.63, 3.8) is 0 Å². The average Bonchev–Trinajstić information content (AvgIpc) is 3.06. The van der Waals surface area contributed by atoms with Crippen LogP contribution >= 0.6 is 11.3 Å². The lowest BCUT2D eigenvalue weighted by Crippen LogP contribution is -2.36. The van der Waals surface area contributed by atoms with Crippen molar-refractivity contribution in [2.75, 3.05) is 19.4 Å². The van der Waals surface area contributed by atoms with Crippen molar-refractivity contribution < 1.29 is 4.79 Å². The van der Waals surface area contributed by atoms with Gasteiger partial charge in [0, 0.05) is 10.6 Å². The maximum absolute atomic E-state index is 13.7. The smallest absolute Gasteiger partial charge is 0.263 e. The van der Waals surface area contributed by atoms with E-state index in [-0.39, 0.29) is 11.5 Å². The van der Waals surface area contributed by atoms with E-state index in [0.717, 1.165) is 40.9 Å². The molecule has 2 aromatic heterocycles. The first-order valence-electron chi connectivity index (χ1n) is 10.8. The molecule has 164 valence electrons. The van der Waals surface area contributed by atoms with Crippen LogP contribution in [0.4, 0.5) is 5.69 Å². The van der Waals surface area contributed by atoms with E-state index in [1.165, 1.54) is 4.88 Å². The number of para-hydroxylation sites is 1. The van der Waals surface area contributed by atoms with E-state index in [2.05, 4.69) is 12.2 Å². The molecule has 0 fully saturated rings. The van der Waals surface area contributed by atoms with E-state index in [4.69, 9.17) is 4.98 Å². The lowest BCUT2D eigenvalue weighted by atomic mass is 9.89. The summed E-state index contributed by atoms with van der Waals surface area (Å²) < 4.78 is 1.60. The minimum atomic E-state index is -0.669. The number of rotatable bonds is 5. The number of thiophene rings is 1. The topological polar surface area (TPSA) is 67.2 Å². The number of aryl methyl sites for hydroxylation is 2. The number of hydrogen-bond donors (Lipinski definition) is 1. The molecule has 0 spiro atoms. The van der Waals surface area contributed by atoms with Gasteiger partial charge in [0.25, 0.3) is 5.56 Å². The number of hydrogen-bond acceptors (Lipinski definition) is 5. The number of benzene rings is 1. The maximum Gasteiger partial charge on any atom is 0.263 e. The fourth-order valence-corrected chi connectivity index (χ4v) is 5.70. The van der Waals surface area contributed by atoms with Crippen LogP contribution in [0.15, 0.2) is 29.1 Å². The van der Waals surface area contributed by atoms with Gasteiger partial charge in [-0.3, -0.25) is 14.2 Å². The van der Waals surface area contributed by atoms with Crippen LogP contribution in [0.2, 0.25) is 0 Å². The zero-order valence-electron chi connectivity index (χ0n) is 18.9. The van der Waals surface area contributed by atoms with Crippen LogP contribution in [-0.4, -0.2) is 34.5 Å². The second-order valence-electron chi connectivity index (χ2n) is 8.95. The summed E-state index contributed by atoms with van der Waals surface area (Å²) in [5, 5.41) is 3.70. The van der Waals surface area contributed by atoms with E-state index >= 15 is 0 Å². The molecule has 1 aromatic carbocycles. The number of carbonyl (C=O) groups excluding carboxylic acids is 1. The number of nitrogens with zero attached hydrogens (tertiary/aromatic N) is 3. The molecule has 31 heavy (non-hydrogen) atoms. The molecule has 2 atom stereocenters. The monoisotopic (exact) mass is 438 g/mol. The quantitative estimate of drug-likeness (QED) is 0.650. The van der Waals surface area contributed by atoms with E-state index < -0.39 is 6.04 Å². The van der Waals surface area contributed by atoms with Gasteiger partial charge in [-0.15, -0.1) is 11.3 Å². The molecular formula is C24H30N4O2S. The number of carbonyl (C=O) groups is 1. The minimum absolute atomic E-state index is 0.0960. The summed E-state index contributed by atoms with van der Waals surface area (Å²) in [5.74, 6) is 1.04. The fourth-order valence-electron chi connectivity index (χ4n) is 4.31. The Bertz CT molecular complexity index is 1190. The summed E-state index contributed by atoms with van der Waals surface area (Å²) in [4.78, 5) is 35.9. The summed E-state index contributed by atoms with van der Waals surface area (Å²) in [6, 6.07) is 6.99. The Morgan fingerprint density at radius 3 is 2.81 bits per heavy atom. The molecule has 1 N–H and O–H groups in total. The highest BCUT2D eigenvalue weighted by Crippen LogP contribution is 2.36. The molecule has 0 aliphatic heterocycles. The van der Waals surface area contributed by atoms with Gasteiger partial charge in [0.1, 0.15) is 16.7 Å². The van der Waals surface area contributed by atoms with Crippen molar-refractivity contribution in [1.82, 2.24) is 14.5 Å². The first kappa shape index (κ1) is 21.7. The van der Waals surface area contributed by atoms with Gasteiger partial charge in [0.05, 0.1) is 11.9 Å². The summed E-state index contributed by atoms with van der Waals surface area (Å²) >= 11 is 1.65. The maximum atomic E-state index is 13.7. The number of aromatic nitrogens is 2. The van der Waals surface area contributed by atoms with Gasteiger partial charge >= 0.3 is 0 Å². The molecule has 1 aliphatic carbocycles. The van der Waals surface area contributed by atoms with Crippen molar-refractivity contribution in [1.29, 1.82) is 0 Å². The highest BCUT2D eigenvalue weighted by molar-refractivity contribution is 7.18. The fraction of sp³-hybridized carbons (Fsp3) is 0.458. The van der Waals surface area contributed by atoms with E-state index in [1.807, 2.05) is 50.2 Å². The number of fused-ring (bicyclic) bond motifs is 3. The second-order valence-corrected chi connectivity index (χ2v) is 10.0. The zero-order valence-corrected chi connectivity index (χ0v) is 19.7. The molecule has 1 amide bonds. The first-order valence-corrected chi connectivity index (χ1v) is 11.6. The van der Waals surface area contributed by atoms with E-state index in [0.29, 0.717) is 23.7 Å². The molecule has 6 nitrogen and oxygen atoms in total. The molecule has 7 heteroatoms. The van der Waals surface area contributed by atoms with Crippen LogP contribution in [0.3, 0.4) is 0 Å². The zero-order chi connectivity index (χ0) is 22.3. The molecule has 3 aromatic rings. The Balaban J connectivity index is 1.81. The molecule has 2 unspecified atom stereocenters. The van der Waals surface area contributed by atoms with Crippen LogP contribution in [0, 0.1) is 12.8 Å². The number of nitrogens with one attached hydrogen (secondary N) is 1. The van der Waals surface area contributed by atoms with Gasteiger partial charge in [-0.05, 0) is 70.3 Å². The summed E-state index contributed by atoms with van der Waals surface area (Å²) in [5.41, 5.74) is 2.80.